The lowest BCUT2D eigenvalue weighted by molar-refractivity contribution is -0.145. The normalized spacial score (nSPS) is 17.9. The van der Waals surface area contributed by atoms with Crippen LogP contribution in [0.2, 0.25) is 0 Å². The number of carbonyl (C=O) groups excluding carboxylic acids is 1. The van der Waals surface area contributed by atoms with Crippen LogP contribution in [0.3, 0.4) is 0 Å². The van der Waals surface area contributed by atoms with Gasteiger partial charge in [-0.3, -0.25) is 4.79 Å². The first-order chi connectivity index (χ1) is 8.88. The first-order valence-electron chi connectivity index (χ1n) is 5.93. The summed E-state index contributed by atoms with van der Waals surface area (Å²) in [5.74, 6) is -2.63. The third-order valence-electron chi connectivity index (χ3n) is 3.25. The van der Waals surface area contributed by atoms with Crippen molar-refractivity contribution in [1.82, 2.24) is 10.6 Å². The van der Waals surface area contributed by atoms with Gasteiger partial charge in [-0.2, -0.15) is 11.8 Å². The van der Waals surface area contributed by atoms with Crippen molar-refractivity contribution in [2.24, 2.45) is 0 Å². The van der Waals surface area contributed by atoms with Crippen molar-refractivity contribution in [2.75, 3.05) is 12.8 Å². The fourth-order valence-electron chi connectivity index (χ4n) is 1.85. The highest BCUT2D eigenvalue weighted by atomic mass is 32.2. The van der Waals surface area contributed by atoms with Crippen molar-refractivity contribution >= 4 is 29.7 Å². The number of hydrogen-bond acceptors (Lipinski definition) is 4. The summed E-state index contributed by atoms with van der Waals surface area (Å²) in [6, 6.07) is -2.06. The van der Waals surface area contributed by atoms with E-state index in [1.54, 1.807) is 11.8 Å². The predicted octanol–water partition coefficient (Wildman–Crippen LogP) is 0.499. The molecule has 1 aliphatic rings. The van der Waals surface area contributed by atoms with Gasteiger partial charge in [-0.1, -0.05) is 6.42 Å². The Hall–Kier alpha value is -1.44. The van der Waals surface area contributed by atoms with Gasteiger partial charge in [-0.25, -0.2) is 9.59 Å². The van der Waals surface area contributed by atoms with Crippen LogP contribution >= 0.6 is 11.8 Å². The molecule has 0 heterocycles. The largest absolute Gasteiger partial charge is 0.481 e. The number of carboxylic acids is 2. The quantitative estimate of drug-likeness (QED) is 0.542. The SMILES string of the molecule is CSC1(CNC(=O)NC(CC(=O)O)C(=O)O)CCC1. The highest BCUT2D eigenvalue weighted by Gasteiger charge is 2.36. The molecule has 1 fully saturated rings. The van der Waals surface area contributed by atoms with E-state index in [9.17, 15) is 14.4 Å². The molecule has 0 aromatic heterocycles. The lowest BCUT2D eigenvalue weighted by Gasteiger charge is -2.40. The molecule has 1 aliphatic carbocycles. The Balaban J connectivity index is 2.40. The molecule has 8 heteroatoms. The number of aliphatic carboxylic acids is 2. The summed E-state index contributed by atoms with van der Waals surface area (Å²) in [5, 5.41) is 22.1. The van der Waals surface area contributed by atoms with E-state index >= 15 is 0 Å². The molecule has 4 N–H and O–H groups in total. The van der Waals surface area contributed by atoms with Crippen molar-refractivity contribution < 1.29 is 24.6 Å². The Labute approximate surface area is 115 Å². The molecule has 0 aromatic carbocycles. The topological polar surface area (TPSA) is 116 Å². The van der Waals surface area contributed by atoms with Gasteiger partial charge in [0.15, 0.2) is 0 Å². The molecule has 1 saturated carbocycles. The summed E-state index contributed by atoms with van der Waals surface area (Å²) < 4.78 is 0.0445. The summed E-state index contributed by atoms with van der Waals surface area (Å²) in [5.41, 5.74) is 0. The van der Waals surface area contributed by atoms with Gasteiger partial charge in [0.2, 0.25) is 0 Å². The number of carbonyl (C=O) groups is 3. The Morgan fingerprint density at radius 3 is 2.32 bits per heavy atom. The number of carboxylic acid groups (broad SMARTS) is 2. The van der Waals surface area contributed by atoms with Crippen LogP contribution < -0.4 is 10.6 Å². The van der Waals surface area contributed by atoms with Crippen LogP contribution in [0.25, 0.3) is 0 Å². The van der Waals surface area contributed by atoms with Crippen LogP contribution in [-0.4, -0.2) is 51.8 Å². The van der Waals surface area contributed by atoms with Crippen LogP contribution in [-0.2, 0) is 9.59 Å². The molecule has 0 bridgehead atoms. The minimum absolute atomic E-state index is 0.0445. The molecular weight excluding hydrogens is 272 g/mol. The zero-order valence-corrected chi connectivity index (χ0v) is 11.5. The van der Waals surface area contributed by atoms with E-state index in [4.69, 9.17) is 10.2 Å². The Kier molecular flexibility index (Phi) is 5.46. The fraction of sp³-hybridized carbons (Fsp3) is 0.727. The first-order valence-corrected chi connectivity index (χ1v) is 7.15. The molecule has 0 saturated heterocycles. The number of hydrogen-bond donors (Lipinski definition) is 4. The molecule has 108 valence electrons. The van der Waals surface area contributed by atoms with Gasteiger partial charge in [0.05, 0.1) is 6.42 Å². The highest BCUT2D eigenvalue weighted by Crippen LogP contribution is 2.42. The minimum Gasteiger partial charge on any atom is -0.481 e. The average molecular weight is 290 g/mol. The lowest BCUT2D eigenvalue weighted by atomic mass is 9.84. The van der Waals surface area contributed by atoms with Crippen molar-refractivity contribution in [1.29, 1.82) is 0 Å². The molecule has 1 rings (SSSR count). The van der Waals surface area contributed by atoms with E-state index in [1.807, 2.05) is 6.26 Å². The maximum Gasteiger partial charge on any atom is 0.326 e. The monoisotopic (exact) mass is 290 g/mol. The van der Waals surface area contributed by atoms with Crippen molar-refractivity contribution in [3.63, 3.8) is 0 Å². The van der Waals surface area contributed by atoms with Crippen molar-refractivity contribution in [2.45, 2.75) is 36.5 Å². The summed E-state index contributed by atoms with van der Waals surface area (Å²) in [7, 11) is 0. The second kappa shape index (κ2) is 6.65. The first kappa shape index (κ1) is 15.6. The molecule has 0 aromatic rings. The van der Waals surface area contributed by atoms with Gasteiger partial charge in [0.1, 0.15) is 6.04 Å². The molecule has 0 aliphatic heterocycles. The molecule has 19 heavy (non-hydrogen) atoms. The van der Waals surface area contributed by atoms with E-state index in [1.165, 1.54) is 0 Å². The number of amides is 2. The number of thioether (sulfide) groups is 1. The van der Waals surface area contributed by atoms with Gasteiger partial charge < -0.3 is 20.8 Å². The predicted molar refractivity (Wildman–Crippen MR) is 70.3 cm³/mol. The molecule has 0 spiro atoms. The van der Waals surface area contributed by atoms with Gasteiger partial charge in [-0.05, 0) is 19.1 Å². The maximum absolute atomic E-state index is 11.6. The smallest absolute Gasteiger partial charge is 0.326 e. The molecule has 1 atom stereocenters. The Bertz CT molecular complexity index is 365. The number of rotatable bonds is 7. The van der Waals surface area contributed by atoms with E-state index in [0.717, 1.165) is 19.3 Å². The highest BCUT2D eigenvalue weighted by molar-refractivity contribution is 8.00. The summed E-state index contributed by atoms with van der Waals surface area (Å²) >= 11 is 1.68. The van der Waals surface area contributed by atoms with Crippen molar-refractivity contribution in [3.05, 3.63) is 0 Å². The maximum atomic E-state index is 11.6. The number of nitrogens with one attached hydrogen (secondary N) is 2. The average Bonchev–Trinajstić information content (AvgIpc) is 2.26. The van der Waals surface area contributed by atoms with Gasteiger partial charge in [-0.15, -0.1) is 0 Å². The summed E-state index contributed by atoms with van der Waals surface area (Å²) in [6.07, 6.45) is 4.50. The van der Waals surface area contributed by atoms with Crippen LogP contribution in [0.5, 0.6) is 0 Å². The zero-order valence-electron chi connectivity index (χ0n) is 10.6. The number of urea groups is 1. The van der Waals surface area contributed by atoms with E-state index in [0.29, 0.717) is 6.54 Å². The van der Waals surface area contributed by atoms with Crippen LogP contribution in [0.4, 0.5) is 4.79 Å². The zero-order chi connectivity index (χ0) is 14.5. The second-order valence-corrected chi connectivity index (χ2v) is 5.83. The Morgan fingerprint density at radius 1 is 1.32 bits per heavy atom. The molecule has 0 radical (unpaired) electrons. The van der Waals surface area contributed by atoms with Gasteiger partial charge in [0.25, 0.3) is 0 Å². The van der Waals surface area contributed by atoms with E-state index in [2.05, 4.69) is 10.6 Å². The van der Waals surface area contributed by atoms with E-state index < -0.39 is 30.4 Å². The third-order valence-corrected chi connectivity index (χ3v) is 4.67. The standard InChI is InChI=1S/C11H18N2O5S/c1-19-11(3-2-4-11)6-12-10(18)13-7(9(16)17)5-8(14)15/h7H,2-6H2,1H3,(H,14,15)(H,16,17)(H2,12,13,18). The molecule has 1 unspecified atom stereocenters. The third kappa shape index (κ3) is 4.62. The summed E-state index contributed by atoms with van der Waals surface area (Å²) in [6.45, 7) is 0.458. The van der Waals surface area contributed by atoms with Crippen LogP contribution in [0, 0.1) is 0 Å². The molecule has 7 nitrogen and oxygen atoms in total. The van der Waals surface area contributed by atoms with Crippen LogP contribution in [0.15, 0.2) is 0 Å². The minimum atomic E-state index is -1.41. The lowest BCUT2D eigenvalue weighted by Crippen LogP contribution is -2.51. The summed E-state index contributed by atoms with van der Waals surface area (Å²) in [4.78, 5) is 32.8. The molecular formula is C11H18N2O5S. The van der Waals surface area contributed by atoms with Gasteiger partial charge in [0, 0.05) is 11.3 Å². The fourth-order valence-corrected chi connectivity index (χ4v) is 2.76. The van der Waals surface area contributed by atoms with Crippen LogP contribution in [0.1, 0.15) is 25.7 Å². The Morgan fingerprint density at radius 2 is 1.95 bits per heavy atom. The van der Waals surface area contributed by atoms with Crippen molar-refractivity contribution in [3.8, 4) is 0 Å². The van der Waals surface area contributed by atoms with E-state index in [-0.39, 0.29) is 4.75 Å². The van der Waals surface area contributed by atoms with Gasteiger partial charge >= 0.3 is 18.0 Å². The second-order valence-electron chi connectivity index (χ2n) is 4.56. The molecule has 2 amide bonds.